The highest BCUT2D eigenvalue weighted by Crippen LogP contribution is 2.38. The fourth-order valence-electron chi connectivity index (χ4n) is 4.66. The summed E-state index contributed by atoms with van der Waals surface area (Å²) in [6.45, 7) is 13.4. The maximum absolute atomic E-state index is 11.3. The lowest BCUT2D eigenvalue weighted by Gasteiger charge is -2.39. The van der Waals surface area contributed by atoms with Crippen LogP contribution in [0.3, 0.4) is 0 Å². The summed E-state index contributed by atoms with van der Waals surface area (Å²) in [7, 11) is -0.390. The van der Waals surface area contributed by atoms with Crippen molar-refractivity contribution in [3.8, 4) is 5.75 Å². The number of ether oxygens (including phenoxy) is 1. The van der Waals surface area contributed by atoms with Crippen molar-refractivity contribution in [3.05, 3.63) is 53.1 Å². The van der Waals surface area contributed by atoms with E-state index in [2.05, 4.69) is 70.7 Å². The Hall–Kier alpha value is -2.31. The van der Waals surface area contributed by atoms with E-state index in [-0.39, 0.29) is 17.4 Å². The third kappa shape index (κ3) is 4.56. The molecular weight excluding hydrogens is 413 g/mol. The molecule has 0 N–H and O–H groups in total. The van der Waals surface area contributed by atoms with Gasteiger partial charge in [0.15, 0.2) is 6.23 Å². The zero-order valence-corrected chi connectivity index (χ0v) is 20.8. The molecule has 0 spiro atoms. The van der Waals surface area contributed by atoms with Crippen LogP contribution in [0.1, 0.15) is 63.6 Å². The number of anilines is 1. The molecule has 1 unspecified atom stereocenters. The molecule has 0 saturated carbocycles. The SMILES string of the molecule is Cc1cccc(OC(CCC=O)N2CCCc3c(B4OC(C)(C)C(C)(C)O4)cccc32)c1C. The van der Waals surface area contributed by atoms with Crippen LogP contribution in [0, 0.1) is 13.8 Å². The number of aryl methyl sites for hydroxylation is 1. The molecule has 0 radical (unpaired) electrons. The maximum Gasteiger partial charge on any atom is 0.495 e. The third-order valence-corrected chi connectivity index (χ3v) is 7.53. The summed E-state index contributed by atoms with van der Waals surface area (Å²) in [4.78, 5) is 13.6. The summed E-state index contributed by atoms with van der Waals surface area (Å²) in [6, 6.07) is 12.5. The van der Waals surface area contributed by atoms with Crippen LogP contribution >= 0.6 is 0 Å². The Morgan fingerprint density at radius 2 is 1.79 bits per heavy atom. The molecule has 2 aromatic rings. The number of rotatable bonds is 7. The fraction of sp³-hybridized carbons (Fsp3) is 0.519. The summed E-state index contributed by atoms with van der Waals surface area (Å²) in [5.41, 5.74) is 5.06. The van der Waals surface area contributed by atoms with E-state index in [1.54, 1.807) is 0 Å². The van der Waals surface area contributed by atoms with Gasteiger partial charge >= 0.3 is 7.12 Å². The number of nitrogens with zero attached hydrogens (tertiary/aromatic N) is 1. The largest absolute Gasteiger partial charge is 0.495 e. The number of fused-ring (bicyclic) bond motifs is 1. The van der Waals surface area contributed by atoms with Gasteiger partial charge in [0.1, 0.15) is 12.0 Å². The smallest absolute Gasteiger partial charge is 0.470 e. The van der Waals surface area contributed by atoms with Crippen LogP contribution < -0.4 is 15.1 Å². The minimum absolute atomic E-state index is 0.219. The van der Waals surface area contributed by atoms with Gasteiger partial charge in [-0.25, -0.2) is 0 Å². The predicted molar refractivity (Wildman–Crippen MR) is 133 cm³/mol. The molecule has 4 rings (SSSR count). The normalized spacial score (nSPS) is 19.8. The van der Waals surface area contributed by atoms with Crippen LogP contribution in [-0.2, 0) is 20.5 Å². The summed E-state index contributed by atoms with van der Waals surface area (Å²) in [5, 5.41) is 0. The molecule has 2 aromatic carbocycles. The number of hydrogen-bond acceptors (Lipinski definition) is 5. The van der Waals surface area contributed by atoms with Crippen LogP contribution in [-0.4, -0.2) is 37.4 Å². The van der Waals surface area contributed by atoms with Crippen molar-refractivity contribution < 1.29 is 18.8 Å². The molecule has 33 heavy (non-hydrogen) atoms. The van der Waals surface area contributed by atoms with Crippen molar-refractivity contribution in [3.63, 3.8) is 0 Å². The van der Waals surface area contributed by atoms with Gasteiger partial charge in [0.25, 0.3) is 0 Å². The summed E-state index contributed by atoms with van der Waals surface area (Å²) in [6.07, 6.45) is 3.83. The summed E-state index contributed by atoms with van der Waals surface area (Å²) < 4.78 is 19.3. The van der Waals surface area contributed by atoms with Crippen molar-refractivity contribution in [1.29, 1.82) is 0 Å². The molecule has 2 heterocycles. The Kier molecular flexibility index (Phi) is 6.61. The van der Waals surface area contributed by atoms with Crippen molar-refractivity contribution in [2.24, 2.45) is 0 Å². The Bertz CT molecular complexity index is 1000. The average molecular weight is 449 g/mol. The Morgan fingerprint density at radius 3 is 2.48 bits per heavy atom. The molecular formula is C27H36BNO4. The second-order valence-corrected chi connectivity index (χ2v) is 10.2. The van der Waals surface area contributed by atoms with Gasteiger partial charge in [-0.05, 0) is 88.7 Å². The van der Waals surface area contributed by atoms with Gasteiger partial charge in [-0.2, -0.15) is 0 Å². The number of benzene rings is 2. The van der Waals surface area contributed by atoms with E-state index in [9.17, 15) is 4.79 Å². The van der Waals surface area contributed by atoms with Gasteiger partial charge in [-0.1, -0.05) is 24.3 Å². The molecule has 1 saturated heterocycles. The van der Waals surface area contributed by atoms with Crippen molar-refractivity contribution >= 4 is 24.6 Å². The first-order chi connectivity index (χ1) is 15.6. The summed E-state index contributed by atoms with van der Waals surface area (Å²) >= 11 is 0. The second kappa shape index (κ2) is 9.15. The molecule has 0 amide bonds. The Labute approximate surface area is 198 Å². The maximum atomic E-state index is 11.3. The third-order valence-electron chi connectivity index (χ3n) is 7.53. The predicted octanol–water partition coefficient (Wildman–Crippen LogP) is 4.74. The molecule has 0 aliphatic carbocycles. The van der Waals surface area contributed by atoms with E-state index in [1.807, 2.05) is 12.1 Å². The quantitative estimate of drug-likeness (QED) is 0.452. The van der Waals surface area contributed by atoms with Gasteiger partial charge in [-0.3, -0.25) is 0 Å². The van der Waals surface area contributed by atoms with Gasteiger partial charge in [-0.15, -0.1) is 0 Å². The molecule has 2 aliphatic rings. The molecule has 1 atom stereocenters. The molecule has 5 nitrogen and oxygen atoms in total. The molecule has 0 bridgehead atoms. The van der Waals surface area contributed by atoms with Crippen LogP contribution in [0.4, 0.5) is 5.69 Å². The minimum Gasteiger partial charge on any atom is -0.470 e. The first kappa shape index (κ1) is 23.8. The highest BCUT2D eigenvalue weighted by molar-refractivity contribution is 6.62. The molecule has 2 aliphatic heterocycles. The van der Waals surface area contributed by atoms with Crippen LogP contribution in [0.2, 0.25) is 0 Å². The number of carbonyl (C=O) groups is 1. The van der Waals surface area contributed by atoms with E-state index in [0.29, 0.717) is 12.8 Å². The van der Waals surface area contributed by atoms with Gasteiger partial charge < -0.3 is 23.7 Å². The highest BCUT2D eigenvalue weighted by atomic mass is 16.7. The lowest BCUT2D eigenvalue weighted by molar-refractivity contribution is -0.108. The van der Waals surface area contributed by atoms with E-state index in [4.69, 9.17) is 14.0 Å². The van der Waals surface area contributed by atoms with Crippen LogP contribution in [0.15, 0.2) is 36.4 Å². The first-order valence-corrected chi connectivity index (χ1v) is 12.0. The first-order valence-electron chi connectivity index (χ1n) is 12.0. The lowest BCUT2D eigenvalue weighted by Crippen LogP contribution is -2.46. The zero-order valence-electron chi connectivity index (χ0n) is 20.8. The summed E-state index contributed by atoms with van der Waals surface area (Å²) in [5.74, 6) is 0.875. The van der Waals surface area contributed by atoms with Crippen molar-refractivity contribution in [2.45, 2.75) is 84.7 Å². The average Bonchev–Trinajstić information content (AvgIpc) is 3.00. The topological polar surface area (TPSA) is 48.0 Å². The molecule has 6 heteroatoms. The van der Waals surface area contributed by atoms with Crippen molar-refractivity contribution in [2.75, 3.05) is 11.4 Å². The second-order valence-electron chi connectivity index (χ2n) is 10.2. The Balaban J connectivity index is 1.68. The van der Waals surface area contributed by atoms with Crippen LogP contribution in [0.5, 0.6) is 5.75 Å². The Morgan fingerprint density at radius 1 is 1.09 bits per heavy atom. The standard InChI is InChI=1S/C27H36BNO4/c1-19-11-7-15-24(20(19)2)31-25(16-10-18-30)29-17-9-12-21-22(13-8-14-23(21)29)28-32-26(3,4)27(5,6)33-28/h7-8,11,13-15,18,25H,9-10,12,16-17H2,1-6H3. The van der Waals surface area contributed by atoms with Gasteiger partial charge in [0.2, 0.25) is 0 Å². The zero-order chi connectivity index (χ0) is 23.8. The monoisotopic (exact) mass is 449 g/mol. The van der Waals surface area contributed by atoms with Crippen molar-refractivity contribution in [1.82, 2.24) is 0 Å². The molecule has 1 fully saturated rings. The molecule has 0 aromatic heterocycles. The number of carbonyl (C=O) groups excluding carboxylic acids is 1. The van der Waals surface area contributed by atoms with Crippen LogP contribution in [0.25, 0.3) is 0 Å². The minimum atomic E-state index is -0.390. The highest BCUT2D eigenvalue weighted by Gasteiger charge is 2.52. The van der Waals surface area contributed by atoms with E-state index in [1.165, 1.54) is 11.1 Å². The van der Waals surface area contributed by atoms with E-state index < -0.39 is 7.12 Å². The number of aldehydes is 1. The fourth-order valence-corrected chi connectivity index (χ4v) is 4.66. The lowest BCUT2D eigenvalue weighted by atomic mass is 9.73. The molecule has 176 valence electrons. The van der Waals surface area contributed by atoms with Gasteiger partial charge in [0.05, 0.1) is 11.2 Å². The van der Waals surface area contributed by atoms with Gasteiger partial charge in [0, 0.05) is 25.1 Å². The van der Waals surface area contributed by atoms with E-state index >= 15 is 0 Å². The number of hydrogen-bond donors (Lipinski definition) is 0. The van der Waals surface area contributed by atoms with E-state index in [0.717, 1.165) is 48.1 Å².